The topological polar surface area (TPSA) is 60.9 Å². The third-order valence-electron chi connectivity index (χ3n) is 4.19. The number of nitrogens with zero attached hydrogens (tertiary/aromatic N) is 2. The molecule has 0 saturated carbocycles. The molecule has 6 heteroatoms. The van der Waals surface area contributed by atoms with Crippen molar-refractivity contribution in [2.75, 3.05) is 19.6 Å². The van der Waals surface area contributed by atoms with E-state index in [1.807, 2.05) is 18.2 Å². The van der Waals surface area contributed by atoms with Gasteiger partial charge in [-0.25, -0.2) is 0 Å². The molecule has 0 bridgehead atoms. The quantitative estimate of drug-likeness (QED) is 0.894. The van der Waals surface area contributed by atoms with Crippen molar-refractivity contribution in [3.8, 4) is 0 Å². The highest BCUT2D eigenvalue weighted by atomic mass is 35.5. The monoisotopic (exact) mass is 340 g/mol. The van der Waals surface area contributed by atoms with Crippen molar-refractivity contribution in [1.29, 1.82) is 0 Å². The van der Waals surface area contributed by atoms with E-state index < -0.39 is 5.97 Å². The molecule has 23 heavy (non-hydrogen) atoms. The molecule has 1 aliphatic heterocycles. The molecule has 1 heterocycles. The Balaban J connectivity index is 0.00000264. The number of carbonyl (C=O) groups excluding carboxylic acids is 1. The summed E-state index contributed by atoms with van der Waals surface area (Å²) in [5.41, 5.74) is 1.29. The molecule has 1 N–H and O–H groups in total. The number of carboxylic acid groups (broad SMARTS) is 1. The van der Waals surface area contributed by atoms with Gasteiger partial charge in [-0.05, 0) is 31.4 Å². The minimum absolute atomic E-state index is 0. The van der Waals surface area contributed by atoms with E-state index in [-0.39, 0.29) is 30.9 Å². The molecule has 0 spiro atoms. The Labute approximate surface area is 143 Å². The van der Waals surface area contributed by atoms with Gasteiger partial charge in [-0.1, -0.05) is 30.3 Å². The Bertz CT molecular complexity index is 510. The molecule has 5 nitrogen and oxygen atoms in total. The van der Waals surface area contributed by atoms with Gasteiger partial charge >= 0.3 is 5.97 Å². The van der Waals surface area contributed by atoms with Gasteiger partial charge in [0.15, 0.2) is 0 Å². The SMILES string of the molecule is CC(=O)N(CC(=O)O)C1CCCN(Cc2ccccc2)CC1.Cl. The molecule has 1 unspecified atom stereocenters. The fourth-order valence-corrected chi connectivity index (χ4v) is 3.09. The van der Waals surface area contributed by atoms with E-state index in [1.165, 1.54) is 17.4 Å². The van der Waals surface area contributed by atoms with Crippen molar-refractivity contribution in [3.05, 3.63) is 35.9 Å². The van der Waals surface area contributed by atoms with Crippen LogP contribution in [-0.2, 0) is 16.1 Å². The number of benzene rings is 1. The highest BCUT2D eigenvalue weighted by Crippen LogP contribution is 2.18. The molecule has 128 valence electrons. The van der Waals surface area contributed by atoms with Gasteiger partial charge in [-0.3, -0.25) is 14.5 Å². The van der Waals surface area contributed by atoms with Crippen molar-refractivity contribution < 1.29 is 14.7 Å². The first-order valence-corrected chi connectivity index (χ1v) is 7.81. The number of halogens is 1. The fourth-order valence-electron chi connectivity index (χ4n) is 3.09. The van der Waals surface area contributed by atoms with Crippen LogP contribution in [0.25, 0.3) is 0 Å². The number of likely N-dealkylation sites (tertiary alicyclic amines) is 1. The molecular formula is C17H25ClN2O3. The van der Waals surface area contributed by atoms with Crippen molar-refractivity contribution in [2.45, 2.75) is 38.8 Å². The smallest absolute Gasteiger partial charge is 0.323 e. The number of carboxylic acids is 1. The van der Waals surface area contributed by atoms with Gasteiger partial charge in [0.25, 0.3) is 0 Å². The van der Waals surface area contributed by atoms with Gasteiger partial charge < -0.3 is 10.0 Å². The summed E-state index contributed by atoms with van der Waals surface area (Å²) in [7, 11) is 0. The van der Waals surface area contributed by atoms with Gasteiger partial charge in [-0.15, -0.1) is 12.4 Å². The molecule has 1 amide bonds. The molecule has 1 aromatic carbocycles. The highest BCUT2D eigenvalue weighted by Gasteiger charge is 2.25. The molecule has 1 aliphatic rings. The van der Waals surface area contributed by atoms with E-state index in [1.54, 1.807) is 0 Å². The van der Waals surface area contributed by atoms with E-state index in [0.717, 1.165) is 38.9 Å². The van der Waals surface area contributed by atoms with Gasteiger partial charge in [-0.2, -0.15) is 0 Å². The van der Waals surface area contributed by atoms with Crippen LogP contribution in [0.1, 0.15) is 31.7 Å². The third kappa shape index (κ3) is 6.20. The van der Waals surface area contributed by atoms with Gasteiger partial charge in [0.2, 0.25) is 5.91 Å². The first-order valence-electron chi connectivity index (χ1n) is 7.81. The number of carbonyl (C=O) groups is 2. The van der Waals surface area contributed by atoms with E-state index in [9.17, 15) is 9.59 Å². The molecule has 2 rings (SSSR count). The summed E-state index contributed by atoms with van der Waals surface area (Å²) >= 11 is 0. The lowest BCUT2D eigenvalue weighted by Gasteiger charge is -2.29. The van der Waals surface area contributed by atoms with Crippen molar-refractivity contribution >= 4 is 24.3 Å². The molecule has 0 aromatic heterocycles. The lowest BCUT2D eigenvalue weighted by molar-refractivity contribution is -0.145. The van der Waals surface area contributed by atoms with Crippen LogP contribution in [0.4, 0.5) is 0 Å². The molecule has 1 saturated heterocycles. The van der Waals surface area contributed by atoms with Crippen LogP contribution in [-0.4, -0.2) is 52.5 Å². The summed E-state index contributed by atoms with van der Waals surface area (Å²) < 4.78 is 0. The zero-order chi connectivity index (χ0) is 15.9. The predicted molar refractivity (Wildman–Crippen MR) is 91.6 cm³/mol. The Morgan fingerprint density at radius 1 is 1.22 bits per heavy atom. The summed E-state index contributed by atoms with van der Waals surface area (Å²) in [5, 5.41) is 8.98. The first-order chi connectivity index (χ1) is 10.6. The Morgan fingerprint density at radius 3 is 2.52 bits per heavy atom. The van der Waals surface area contributed by atoms with Crippen LogP contribution < -0.4 is 0 Å². The molecule has 1 fully saturated rings. The average molecular weight is 341 g/mol. The minimum atomic E-state index is -0.944. The van der Waals surface area contributed by atoms with Crippen LogP contribution in [0.2, 0.25) is 0 Å². The van der Waals surface area contributed by atoms with E-state index in [4.69, 9.17) is 5.11 Å². The van der Waals surface area contributed by atoms with E-state index >= 15 is 0 Å². The molecular weight excluding hydrogens is 316 g/mol. The Kier molecular flexibility index (Phi) is 8.06. The Morgan fingerprint density at radius 2 is 1.91 bits per heavy atom. The van der Waals surface area contributed by atoms with Crippen LogP contribution in [0.5, 0.6) is 0 Å². The standard InChI is InChI=1S/C17H24N2O3.ClH/c1-14(20)19(13-17(21)22)16-8-5-10-18(11-9-16)12-15-6-3-2-4-7-15;/h2-4,6-7,16H,5,8-13H2,1H3,(H,21,22);1H. The number of hydrogen-bond acceptors (Lipinski definition) is 3. The molecule has 1 atom stereocenters. The summed E-state index contributed by atoms with van der Waals surface area (Å²) in [6.45, 7) is 4.05. The zero-order valence-corrected chi connectivity index (χ0v) is 14.3. The number of rotatable bonds is 5. The maximum atomic E-state index is 11.7. The largest absolute Gasteiger partial charge is 0.480 e. The van der Waals surface area contributed by atoms with Gasteiger partial charge in [0.1, 0.15) is 6.54 Å². The molecule has 1 aromatic rings. The minimum Gasteiger partial charge on any atom is -0.480 e. The number of amides is 1. The van der Waals surface area contributed by atoms with Crippen LogP contribution in [0.15, 0.2) is 30.3 Å². The van der Waals surface area contributed by atoms with Crippen molar-refractivity contribution in [1.82, 2.24) is 9.80 Å². The second kappa shape index (κ2) is 9.53. The summed E-state index contributed by atoms with van der Waals surface area (Å²) in [6, 6.07) is 10.4. The predicted octanol–water partition coefficient (Wildman–Crippen LogP) is 2.40. The Hall–Kier alpha value is -1.59. The fraction of sp³-hybridized carbons (Fsp3) is 0.529. The maximum absolute atomic E-state index is 11.7. The van der Waals surface area contributed by atoms with Gasteiger partial charge in [0, 0.05) is 26.1 Å². The summed E-state index contributed by atoms with van der Waals surface area (Å²) in [6.07, 6.45) is 2.69. The van der Waals surface area contributed by atoms with Crippen LogP contribution in [0, 0.1) is 0 Å². The lowest BCUT2D eigenvalue weighted by Crippen LogP contribution is -2.42. The van der Waals surface area contributed by atoms with Gasteiger partial charge in [0.05, 0.1) is 0 Å². The summed E-state index contributed by atoms with van der Waals surface area (Å²) in [5.74, 6) is -1.09. The third-order valence-corrected chi connectivity index (χ3v) is 4.19. The number of aliphatic carboxylic acids is 1. The first kappa shape index (κ1) is 19.5. The molecule has 0 radical (unpaired) electrons. The average Bonchev–Trinajstić information content (AvgIpc) is 2.71. The lowest BCUT2D eigenvalue weighted by atomic mass is 10.1. The number of hydrogen-bond donors (Lipinski definition) is 1. The van der Waals surface area contributed by atoms with Crippen LogP contribution in [0.3, 0.4) is 0 Å². The summed E-state index contributed by atoms with van der Waals surface area (Å²) in [4.78, 5) is 26.5. The zero-order valence-electron chi connectivity index (χ0n) is 13.5. The highest BCUT2D eigenvalue weighted by molar-refractivity contribution is 5.85. The second-order valence-electron chi connectivity index (χ2n) is 5.89. The van der Waals surface area contributed by atoms with Crippen molar-refractivity contribution in [2.24, 2.45) is 0 Å². The van der Waals surface area contributed by atoms with E-state index in [0.29, 0.717) is 0 Å². The normalized spacial score (nSPS) is 18.6. The maximum Gasteiger partial charge on any atom is 0.323 e. The van der Waals surface area contributed by atoms with Crippen LogP contribution >= 0.6 is 12.4 Å². The van der Waals surface area contributed by atoms with Crippen molar-refractivity contribution in [3.63, 3.8) is 0 Å². The second-order valence-corrected chi connectivity index (χ2v) is 5.89. The van der Waals surface area contributed by atoms with E-state index in [2.05, 4.69) is 17.0 Å². The molecule has 0 aliphatic carbocycles.